The Morgan fingerprint density at radius 2 is 1.69 bits per heavy atom. The van der Waals surface area contributed by atoms with E-state index in [4.69, 9.17) is 0 Å². The van der Waals surface area contributed by atoms with Crippen molar-refractivity contribution in [3.8, 4) is 5.69 Å². The number of aromatic nitrogens is 5. The number of benzene rings is 2. The smallest absolute Gasteiger partial charge is 0.286 e. The molecule has 0 spiro atoms. The molecule has 0 radical (unpaired) electrons. The fourth-order valence-electron chi connectivity index (χ4n) is 2.41. The molecule has 0 atom stereocenters. The van der Waals surface area contributed by atoms with Crippen LogP contribution in [0.5, 0.6) is 0 Å². The standard InChI is InChI=1S/C18H11F3N6OS/c19-18(20,21)15-22-16(25-24-15)23-17-27(12-9-5-2-6-10-12)26-14(29-17)13(28)11-7-3-1-4-8-11/h1-10H,(H,22,24,25). The van der Waals surface area contributed by atoms with Gasteiger partial charge in [0.1, 0.15) is 0 Å². The largest absolute Gasteiger partial charge is 0.451 e. The molecule has 0 aliphatic rings. The van der Waals surface area contributed by atoms with Gasteiger partial charge in [-0.1, -0.05) is 59.9 Å². The van der Waals surface area contributed by atoms with Crippen molar-refractivity contribution >= 4 is 23.1 Å². The van der Waals surface area contributed by atoms with Crippen molar-refractivity contribution in [2.24, 2.45) is 4.99 Å². The average Bonchev–Trinajstić information content (AvgIpc) is 3.36. The van der Waals surface area contributed by atoms with Gasteiger partial charge in [-0.25, -0.2) is 4.68 Å². The molecule has 4 rings (SSSR count). The van der Waals surface area contributed by atoms with Gasteiger partial charge in [0.15, 0.2) is 5.01 Å². The summed E-state index contributed by atoms with van der Waals surface area (Å²) in [5.74, 6) is -2.00. The van der Waals surface area contributed by atoms with E-state index in [9.17, 15) is 18.0 Å². The molecule has 0 amide bonds. The summed E-state index contributed by atoms with van der Waals surface area (Å²) in [5, 5.41) is 9.73. The average molecular weight is 416 g/mol. The van der Waals surface area contributed by atoms with E-state index < -0.39 is 17.9 Å². The first-order valence-electron chi connectivity index (χ1n) is 8.21. The highest BCUT2D eigenvalue weighted by molar-refractivity contribution is 7.11. The molecule has 2 heterocycles. The maximum atomic E-state index is 12.7. The van der Waals surface area contributed by atoms with Crippen LogP contribution in [0.4, 0.5) is 19.1 Å². The van der Waals surface area contributed by atoms with E-state index in [1.54, 1.807) is 60.7 Å². The summed E-state index contributed by atoms with van der Waals surface area (Å²) in [5.41, 5.74) is 1.02. The molecule has 1 N–H and O–H groups in total. The first-order valence-corrected chi connectivity index (χ1v) is 9.03. The second kappa shape index (κ2) is 7.43. The van der Waals surface area contributed by atoms with E-state index in [-0.39, 0.29) is 15.6 Å². The number of aromatic amines is 1. The second-order valence-corrected chi connectivity index (χ2v) is 6.68. The van der Waals surface area contributed by atoms with Gasteiger partial charge < -0.3 is 0 Å². The van der Waals surface area contributed by atoms with E-state index in [1.807, 2.05) is 5.10 Å². The zero-order valence-electron chi connectivity index (χ0n) is 14.5. The van der Waals surface area contributed by atoms with E-state index in [2.05, 4.69) is 20.2 Å². The monoisotopic (exact) mass is 416 g/mol. The molecule has 2 aromatic carbocycles. The number of alkyl halides is 3. The number of para-hydroxylation sites is 1. The maximum absolute atomic E-state index is 12.7. The van der Waals surface area contributed by atoms with Crippen molar-refractivity contribution in [1.82, 2.24) is 25.0 Å². The van der Waals surface area contributed by atoms with Crippen LogP contribution in [-0.2, 0) is 6.18 Å². The summed E-state index contributed by atoms with van der Waals surface area (Å²) in [4.78, 5) is 20.3. The van der Waals surface area contributed by atoms with Gasteiger partial charge in [0.05, 0.1) is 5.69 Å². The molecule has 0 unspecified atom stereocenters. The van der Waals surface area contributed by atoms with Crippen molar-refractivity contribution < 1.29 is 18.0 Å². The Bertz CT molecular complexity index is 1210. The molecule has 0 aliphatic heterocycles. The fourth-order valence-corrected chi connectivity index (χ4v) is 3.28. The quantitative estimate of drug-likeness (QED) is 0.516. The number of H-pyrrole nitrogens is 1. The van der Waals surface area contributed by atoms with Crippen LogP contribution in [-0.4, -0.2) is 30.7 Å². The van der Waals surface area contributed by atoms with Gasteiger partial charge in [-0.05, 0) is 12.1 Å². The van der Waals surface area contributed by atoms with Gasteiger partial charge in [0, 0.05) is 5.56 Å². The van der Waals surface area contributed by atoms with E-state index in [0.29, 0.717) is 11.3 Å². The van der Waals surface area contributed by atoms with Crippen LogP contribution in [0, 0.1) is 0 Å². The highest BCUT2D eigenvalue weighted by atomic mass is 32.1. The van der Waals surface area contributed by atoms with Gasteiger partial charge >= 0.3 is 6.18 Å². The molecule has 0 saturated carbocycles. The zero-order chi connectivity index (χ0) is 20.4. The number of carbonyl (C=O) groups excluding carboxylic acids is 1. The Labute approximate surface area is 165 Å². The van der Waals surface area contributed by atoms with Crippen molar-refractivity contribution in [3.05, 3.63) is 81.9 Å². The minimum absolute atomic E-state index is 0.130. The van der Waals surface area contributed by atoms with Crippen molar-refractivity contribution in [1.29, 1.82) is 0 Å². The number of hydrogen-bond donors (Lipinski definition) is 1. The van der Waals surface area contributed by atoms with Crippen LogP contribution in [0.15, 0.2) is 65.7 Å². The number of nitrogens with zero attached hydrogens (tertiary/aromatic N) is 5. The molecule has 0 bridgehead atoms. The first kappa shape index (κ1) is 18.7. The number of halogens is 3. The van der Waals surface area contributed by atoms with Crippen LogP contribution in [0.2, 0.25) is 0 Å². The van der Waals surface area contributed by atoms with Crippen molar-refractivity contribution in [2.75, 3.05) is 0 Å². The van der Waals surface area contributed by atoms with E-state index in [0.717, 1.165) is 11.3 Å². The Kier molecular flexibility index (Phi) is 4.80. The summed E-state index contributed by atoms with van der Waals surface area (Å²) in [6.07, 6.45) is -4.67. The Hall–Kier alpha value is -3.60. The van der Waals surface area contributed by atoms with Crippen LogP contribution in [0.1, 0.15) is 21.2 Å². The third-order valence-electron chi connectivity index (χ3n) is 3.73. The lowest BCUT2D eigenvalue weighted by molar-refractivity contribution is -0.144. The highest BCUT2D eigenvalue weighted by Gasteiger charge is 2.35. The van der Waals surface area contributed by atoms with Crippen LogP contribution >= 0.6 is 11.3 Å². The third-order valence-corrected chi connectivity index (χ3v) is 4.64. The number of ketones is 1. The predicted octanol–water partition coefficient (Wildman–Crippen LogP) is 3.53. The van der Waals surface area contributed by atoms with Crippen LogP contribution < -0.4 is 4.80 Å². The fraction of sp³-hybridized carbons (Fsp3) is 0.0556. The summed E-state index contributed by atoms with van der Waals surface area (Å²) in [6, 6.07) is 17.3. The Morgan fingerprint density at radius 1 is 1.03 bits per heavy atom. The first-order chi connectivity index (χ1) is 13.9. The van der Waals surface area contributed by atoms with Gasteiger partial charge in [-0.2, -0.15) is 28.2 Å². The van der Waals surface area contributed by atoms with Gasteiger partial charge in [0.25, 0.3) is 5.95 Å². The van der Waals surface area contributed by atoms with Gasteiger partial charge in [-0.3, -0.25) is 9.89 Å². The Morgan fingerprint density at radius 3 is 2.31 bits per heavy atom. The SMILES string of the molecule is O=C(c1ccccc1)c1nn(-c2ccccc2)c(=Nc2n[nH]c(C(F)(F)F)n2)s1. The molecule has 0 fully saturated rings. The number of rotatable bonds is 4. The maximum Gasteiger partial charge on any atom is 0.451 e. The predicted molar refractivity (Wildman–Crippen MR) is 97.9 cm³/mol. The summed E-state index contributed by atoms with van der Waals surface area (Å²) in [6.45, 7) is 0. The van der Waals surface area contributed by atoms with Crippen LogP contribution in [0.25, 0.3) is 5.69 Å². The number of carbonyl (C=O) groups is 1. The van der Waals surface area contributed by atoms with Crippen molar-refractivity contribution in [2.45, 2.75) is 6.18 Å². The van der Waals surface area contributed by atoms with Crippen LogP contribution in [0.3, 0.4) is 0 Å². The topological polar surface area (TPSA) is 88.8 Å². The summed E-state index contributed by atoms with van der Waals surface area (Å²) < 4.78 is 39.6. The summed E-state index contributed by atoms with van der Waals surface area (Å²) >= 11 is 0.929. The lowest BCUT2D eigenvalue weighted by atomic mass is 10.1. The molecule has 4 aromatic rings. The molecule has 11 heteroatoms. The molecule has 2 aromatic heterocycles. The lowest BCUT2D eigenvalue weighted by Crippen LogP contribution is -2.14. The molecule has 146 valence electrons. The normalized spacial score (nSPS) is 12.3. The third kappa shape index (κ3) is 3.99. The number of hydrogen-bond acceptors (Lipinski definition) is 6. The molecule has 7 nitrogen and oxygen atoms in total. The van der Waals surface area contributed by atoms with E-state index >= 15 is 0 Å². The second-order valence-electron chi connectivity index (χ2n) is 5.73. The lowest BCUT2D eigenvalue weighted by Gasteiger charge is -2.00. The number of nitrogens with one attached hydrogen (secondary N) is 1. The van der Waals surface area contributed by atoms with E-state index in [1.165, 1.54) is 4.68 Å². The van der Waals surface area contributed by atoms with Crippen molar-refractivity contribution in [3.63, 3.8) is 0 Å². The highest BCUT2D eigenvalue weighted by Crippen LogP contribution is 2.26. The van der Waals surface area contributed by atoms with Gasteiger partial charge in [0.2, 0.25) is 16.4 Å². The summed E-state index contributed by atoms with van der Waals surface area (Å²) in [7, 11) is 0. The molecular weight excluding hydrogens is 405 g/mol. The Balaban J connectivity index is 1.83. The minimum atomic E-state index is -4.67. The molecule has 0 saturated heterocycles. The molecule has 0 aliphatic carbocycles. The minimum Gasteiger partial charge on any atom is -0.286 e. The van der Waals surface area contributed by atoms with Gasteiger partial charge in [-0.15, -0.1) is 5.10 Å². The molecule has 29 heavy (non-hydrogen) atoms. The zero-order valence-corrected chi connectivity index (χ0v) is 15.3. The molecular formula is C18H11F3N6OS.